The number of hydrogen-bond donors (Lipinski definition) is 0. The Kier molecular flexibility index (Phi) is 8.09. The molecule has 0 aliphatic heterocycles. The molecule has 78 valence electrons. The zero-order valence-electron chi connectivity index (χ0n) is 9.84. The van der Waals surface area contributed by atoms with Gasteiger partial charge in [-0.25, -0.2) is 0 Å². The molecular weight excluding hydrogens is 177 g/mol. The Hall–Kier alpha value is 0.452. The molecule has 0 fully saturated rings. The second-order valence-electron chi connectivity index (χ2n) is 3.78. The molecule has 0 aliphatic carbocycles. The highest BCUT2D eigenvalue weighted by molar-refractivity contribution is 6.51. The fourth-order valence-corrected chi connectivity index (χ4v) is 3.18. The van der Waals surface area contributed by atoms with Crippen molar-refractivity contribution in [3.8, 4) is 0 Å². The minimum absolute atomic E-state index is 0.363. The van der Waals surface area contributed by atoms with Crippen molar-refractivity contribution in [2.75, 3.05) is 14.1 Å². The predicted molar refractivity (Wildman–Crippen MR) is 60.2 cm³/mol. The van der Waals surface area contributed by atoms with Gasteiger partial charge in [0.15, 0.2) is 0 Å². The summed E-state index contributed by atoms with van der Waals surface area (Å²) in [7, 11) is 4.22. The molecule has 0 rings (SSSR count). The fourth-order valence-electron chi connectivity index (χ4n) is 1.40. The summed E-state index contributed by atoms with van der Waals surface area (Å²) < 4.78 is 6.12. The van der Waals surface area contributed by atoms with Crippen LogP contribution in [-0.4, -0.2) is 39.7 Å². The average molecular weight is 201 g/mol. The van der Waals surface area contributed by atoms with E-state index in [4.69, 9.17) is 3.79 Å². The summed E-state index contributed by atoms with van der Waals surface area (Å²) >= 11 is -0.879. The van der Waals surface area contributed by atoms with E-state index >= 15 is 0 Å². The monoisotopic (exact) mass is 201 g/mol. The van der Waals surface area contributed by atoms with Gasteiger partial charge in [-0.2, -0.15) is 0 Å². The lowest BCUT2D eigenvalue weighted by molar-refractivity contribution is 0.0534. The average Bonchev–Trinajstić information content (AvgIpc) is 2.11. The van der Waals surface area contributed by atoms with E-state index in [9.17, 15) is 0 Å². The maximum atomic E-state index is 6.12. The lowest BCUT2D eigenvalue weighted by Gasteiger charge is -2.27. The highest BCUT2D eigenvalue weighted by atomic mass is 27.2. The van der Waals surface area contributed by atoms with E-state index in [0.717, 1.165) is 6.42 Å². The summed E-state index contributed by atoms with van der Waals surface area (Å²) in [4.78, 5) is 2.20. The van der Waals surface area contributed by atoms with Crippen LogP contribution in [0.25, 0.3) is 0 Å². The molecule has 1 atom stereocenters. The molecule has 3 heteroatoms. The van der Waals surface area contributed by atoms with E-state index in [1.165, 1.54) is 17.0 Å². The predicted octanol–water partition coefficient (Wildman–Crippen LogP) is 2.72. The molecule has 0 aliphatic rings. The topological polar surface area (TPSA) is 12.5 Å². The Bertz CT molecular complexity index is 115. The van der Waals surface area contributed by atoms with Crippen molar-refractivity contribution in [1.29, 1.82) is 0 Å². The number of rotatable bonds is 7. The first-order valence-electron chi connectivity index (χ1n) is 5.47. The molecule has 0 saturated heterocycles. The van der Waals surface area contributed by atoms with Crippen molar-refractivity contribution >= 4 is 14.5 Å². The maximum absolute atomic E-state index is 6.12. The van der Waals surface area contributed by atoms with Crippen molar-refractivity contribution in [3.63, 3.8) is 0 Å². The second-order valence-corrected chi connectivity index (χ2v) is 6.93. The third-order valence-corrected chi connectivity index (χ3v) is 4.89. The van der Waals surface area contributed by atoms with Crippen molar-refractivity contribution < 1.29 is 3.79 Å². The summed E-state index contributed by atoms with van der Waals surface area (Å²) in [6.45, 7) is 6.71. The van der Waals surface area contributed by atoms with E-state index in [1.54, 1.807) is 0 Å². The SMILES string of the molecule is CCCC([O][Al]([CH2]C)[CH2]C)N(C)C. The van der Waals surface area contributed by atoms with Gasteiger partial charge in [0, 0.05) is 0 Å². The van der Waals surface area contributed by atoms with Crippen LogP contribution in [0.4, 0.5) is 0 Å². The highest BCUT2D eigenvalue weighted by Gasteiger charge is 2.21. The van der Waals surface area contributed by atoms with Gasteiger partial charge in [-0.05, 0) is 20.5 Å². The summed E-state index contributed by atoms with van der Waals surface area (Å²) in [5, 5.41) is 2.51. The third-order valence-electron chi connectivity index (χ3n) is 2.37. The lowest BCUT2D eigenvalue weighted by Crippen LogP contribution is -2.35. The van der Waals surface area contributed by atoms with Crippen molar-refractivity contribution in [2.24, 2.45) is 0 Å². The van der Waals surface area contributed by atoms with E-state index in [-0.39, 0.29) is 0 Å². The molecule has 0 bridgehead atoms. The smallest absolute Gasteiger partial charge is 0.461 e. The van der Waals surface area contributed by atoms with Crippen LogP contribution in [0.1, 0.15) is 33.6 Å². The Morgan fingerprint density at radius 1 is 1.15 bits per heavy atom. The van der Waals surface area contributed by atoms with Gasteiger partial charge in [-0.1, -0.05) is 37.8 Å². The van der Waals surface area contributed by atoms with Crippen LogP contribution in [0, 0.1) is 0 Å². The summed E-state index contributed by atoms with van der Waals surface area (Å²) in [5.41, 5.74) is 0. The van der Waals surface area contributed by atoms with Crippen LogP contribution in [-0.2, 0) is 3.79 Å². The van der Waals surface area contributed by atoms with E-state index in [1.807, 2.05) is 0 Å². The second kappa shape index (κ2) is 7.82. The molecule has 1 unspecified atom stereocenters. The van der Waals surface area contributed by atoms with Crippen LogP contribution < -0.4 is 0 Å². The largest absolute Gasteiger partial charge is 0.487 e. The maximum Gasteiger partial charge on any atom is 0.461 e. The van der Waals surface area contributed by atoms with Gasteiger partial charge in [0.2, 0.25) is 0 Å². The molecule has 0 aromatic heterocycles. The van der Waals surface area contributed by atoms with Crippen molar-refractivity contribution in [2.45, 2.75) is 50.4 Å². The van der Waals surface area contributed by atoms with Crippen LogP contribution >= 0.6 is 0 Å². The molecule has 0 heterocycles. The Labute approximate surface area is 88.0 Å². The highest BCUT2D eigenvalue weighted by Crippen LogP contribution is 2.10. The fraction of sp³-hybridized carbons (Fsp3) is 1.00. The van der Waals surface area contributed by atoms with Gasteiger partial charge in [0.05, 0.1) is 6.23 Å². The van der Waals surface area contributed by atoms with Crippen LogP contribution in [0.5, 0.6) is 0 Å². The Morgan fingerprint density at radius 2 is 1.69 bits per heavy atom. The first-order chi connectivity index (χ1) is 6.15. The molecule has 0 spiro atoms. The van der Waals surface area contributed by atoms with Gasteiger partial charge < -0.3 is 3.79 Å². The van der Waals surface area contributed by atoms with Crippen LogP contribution in [0.3, 0.4) is 0 Å². The molecule has 0 N–H and O–H groups in total. The standard InChI is InChI=1S/C6H14NO.2C2H5.Al/c1-4-5-6(8)7(2)3;2*1-2;/h6H,4-5H2,1-3H3;2*1H2,2H3;/q-1;;;+1. The van der Waals surface area contributed by atoms with Gasteiger partial charge >= 0.3 is 14.5 Å². The van der Waals surface area contributed by atoms with E-state index < -0.39 is 14.5 Å². The van der Waals surface area contributed by atoms with Gasteiger partial charge in [0.25, 0.3) is 0 Å². The molecule has 0 aromatic rings. The molecule has 0 aromatic carbocycles. The molecule has 0 radical (unpaired) electrons. The molecule has 0 amide bonds. The van der Waals surface area contributed by atoms with Gasteiger partial charge in [-0.15, -0.1) is 0 Å². The molecule has 0 saturated carbocycles. The Balaban J connectivity index is 3.91. The van der Waals surface area contributed by atoms with Crippen molar-refractivity contribution in [1.82, 2.24) is 4.90 Å². The molecule has 2 nitrogen and oxygen atoms in total. The van der Waals surface area contributed by atoms with E-state index in [2.05, 4.69) is 39.8 Å². The van der Waals surface area contributed by atoms with Crippen molar-refractivity contribution in [3.05, 3.63) is 0 Å². The summed E-state index contributed by atoms with van der Waals surface area (Å²) in [6, 6.07) is 0. The zero-order chi connectivity index (χ0) is 10.3. The first-order valence-corrected chi connectivity index (χ1v) is 7.57. The third kappa shape index (κ3) is 5.70. The van der Waals surface area contributed by atoms with Gasteiger partial charge in [-0.3, -0.25) is 4.90 Å². The summed E-state index contributed by atoms with van der Waals surface area (Å²) in [5.74, 6) is 0. The van der Waals surface area contributed by atoms with E-state index in [0.29, 0.717) is 6.23 Å². The summed E-state index contributed by atoms with van der Waals surface area (Å²) in [6.07, 6.45) is 2.73. The molecular formula is C10H24AlNO. The minimum Gasteiger partial charge on any atom is -0.487 e. The van der Waals surface area contributed by atoms with Gasteiger partial charge in [0.1, 0.15) is 0 Å². The van der Waals surface area contributed by atoms with Crippen LogP contribution in [0.2, 0.25) is 10.6 Å². The Morgan fingerprint density at radius 3 is 2.00 bits per heavy atom. The quantitative estimate of drug-likeness (QED) is 0.464. The first kappa shape index (κ1) is 13.5. The molecule has 13 heavy (non-hydrogen) atoms. The normalized spacial score (nSPS) is 13.4. The zero-order valence-corrected chi connectivity index (χ0v) is 11.0. The minimum atomic E-state index is -0.879. The number of hydrogen-bond acceptors (Lipinski definition) is 2. The number of nitrogens with zero attached hydrogens (tertiary/aromatic N) is 1. The van der Waals surface area contributed by atoms with Crippen LogP contribution in [0.15, 0.2) is 0 Å². The lowest BCUT2D eigenvalue weighted by atomic mass is 10.3.